The third-order valence-electron chi connectivity index (χ3n) is 5.76. The fourth-order valence-electron chi connectivity index (χ4n) is 3.75. The number of hydrogen-bond acceptors (Lipinski definition) is 3. The molecule has 1 amide bonds. The Morgan fingerprint density at radius 3 is 2.26 bits per heavy atom. The molecule has 1 saturated carbocycles. The second-order valence-electron chi connectivity index (χ2n) is 7.87. The number of carbonyl (C=O) groups excluding carboxylic acids is 1. The van der Waals surface area contributed by atoms with Gasteiger partial charge in [-0.3, -0.25) is 4.79 Å². The van der Waals surface area contributed by atoms with Gasteiger partial charge >= 0.3 is 0 Å². The summed E-state index contributed by atoms with van der Waals surface area (Å²) in [6.45, 7) is 5.22. The van der Waals surface area contributed by atoms with Crippen LogP contribution in [0.2, 0.25) is 0 Å². The summed E-state index contributed by atoms with van der Waals surface area (Å²) >= 11 is 0. The molecule has 0 spiro atoms. The zero-order valence-electron chi connectivity index (χ0n) is 16.8. The summed E-state index contributed by atoms with van der Waals surface area (Å²) in [5.41, 5.74) is 3.93. The molecule has 1 fully saturated rings. The van der Waals surface area contributed by atoms with Gasteiger partial charge < -0.3 is 15.0 Å². The maximum atomic E-state index is 12.7. The minimum Gasteiger partial charge on any atom is -0.488 e. The van der Waals surface area contributed by atoms with E-state index in [4.69, 9.17) is 4.74 Å². The van der Waals surface area contributed by atoms with Crippen molar-refractivity contribution < 1.29 is 9.53 Å². The van der Waals surface area contributed by atoms with Crippen LogP contribution in [0.1, 0.15) is 46.3 Å². The van der Waals surface area contributed by atoms with Crippen LogP contribution in [0.5, 0.6) is 5.75 Å². The fraction of sp³-hybridized carbons (Fsp3) is 0.435. The standard InChI is InChI=1S/C23H30N2O2/c1-17-13-20(22(26)24-16-23(25(3)4)11-8-12-23)14-18(2)21(17)27-15-19-9-6-5-7-10-19/h5-7,9-10,13-14H,8,11-12,15-16H2,1-4H3,(H,24,26). The van der Waals surface area contributed by atoms with E-state index < -0.39 is 0 Å². The third-order valence-corrected chi connectivity index (χ3v) is 5.76. The molecule has 27 heavy (non-hydrogen) atoms. The topological polar surface area (TPSA) is 41.6 Å². The molecule has 0 bridgehead atoms. The number of rotatable bonds is 7. The van der Waals surface area contributed by atoms with E-state index in [9.17, 15) is 4.79 Å². The number of hydrogen-bond donors (Lipinski definition) is 1. The van der Waals surface area contributed by atoms with Gasteiger partial charge in [0.05, 0.1) is 0 Å². The van der Waals surface area contributed by atoms with Crippen LogP contribution < -0.4 is 10.1 Å². The summed E-state index contributed by atoms with van der Waals surface area (Å²) in [4.78, 5) is 14.9. The van der Waals surface area contributed by atoms with Crippen molar-refractivity contribution in [3.63, 3.8) is 0 Å². The molecule has 0 aliphatic heterocycles. The summed E-state index contributed by atoms with van der Waals surface area (Å²) in [6, 6.07) is 14.0. The van der Waals surface area contributed by atoms with Gasteiger partial charge in [0.2, 0.25) is 0 Å². The molecular weight excluding hydrogens is 336 g/mol. The number of amides is 1. The first-order valence-electron chi connectivity index (χ1n) is 9.65. The zero-order valence-corrected chi connectivity index (χ0v) is 16.8. The van der Waals surface area contributed by atoms with Gasteiger partial charge in [-0.05, 0) is 76.0 Å². The summed E-state index contributed by atoms with van der Waals surface area (Å²) in [6.07, 6.45) is 3.52. The molecule has 144 valence electrons. The smallest absolute Gasteiger partial charge is 0.251 e. The number of carbonyl (C=O) groups is 1. The molecule has 4 nitrogen and oxygen atoms in total. The largest absolute Gasteiger partial charge is 0.488 e. The maximum Gasteiger partial charge on any atom is 0.251 e. The SMILES string of the molecule is Cc1cc(C(=O)NCC2(N(C)C)CCC2)cc(C)c1OCc1ccccc1. The number of nitrogens with zero attached hydrogens (tertiary/aromatic N) is 1. The van der Waals surface area contributed by atoms with E-state index >= 15 is 0 Å². The van der Waals surface area contributed by atoms with Crippen LogP contribution >= 0.6 is 0 Å². The monoisotopic (exact) mass is 366 g/mol. The van der Waals surface area contributed by atoms with Crippen molar-refractivity contribution in [3.8, 4) is 5.75 Å². The van der Waals surface area contributed by atoms with E-state index in [1.807, 2.05) is 56.3 Å². The molecule has 4 heteroatoms. The van der Waals surface area contributed by atoms with Crippen molar-refractivity contribution in [1.29, 1.82) is 0 Å². The minimum absolute atomic E-state index is 0.0102. The Morgan fingerprint density at radius 1 is 1.11 bits per heavy atom. The third kappa shape index (κ3) is 4.33. The Morgan fingerprint density at radius 2 is 1.74 bits per heavy atom. The average Bonchev–Trinajstić information content (AvgIpc) is 2.60. The minimum atomic E-state index is -0.0102. The molecule has 0 aromatic heterocycles. The highest BCUT2D eigenvalue weighted by molar-refractivity contribution is 5.95. The predicted octanol–water partition coefficient (Wildman–Crippen LogP) is 4.10. The first kappa shape index (κ1) is 19.4. The lowest BCUT2D eigenvalue weighted by molar-refractivity contribution is 0.0557. The normalized spacial score (nSPS) is 15.3. The van der Waals surface area contributed by atoms with Gasteiger partial charge in [0.1, 0.15) is 12.4 Å². The summed E-state index contributed by atoms with van der Waals surface area (Å²) in [5.74, 6) is 0.850. The average molecular weight is 367 g/mol. The molecule has 0 atom stereocenters. The molecule has 0 saturated heterocycles. The Kier molecular flexibility index (Phi) is 5.85. The number of benzene rings is 2. The zero-order chi connectivity index (χ0) is 19.4. The van der Waals surface area contributed by atoms with Crippen LogP contribution in [-0.4, -0.2) is 37.0 Å². The van der Waals surface area contributed by atoms with E-state index in [0.29, 0.717) is 18.7 Å². The van der Waals surface area contributed by atoms with Crippen LogP contribution in [0.25, 0.3) is 0 Å². The van der Waals surface area contributed by atoms with Crippen LogP contribution in [-0.2, 0) is 6.61 Å². The van der Waals surface area contributed by atoms with E-state index in [1.165, 1.54) is 6.42 Å². The number of ether oxygens (including phenoxy) is 1. The van der Waals surface area contributed by atoms with Gasteiger partial charge in [0.15, 0.2) is 0 Å². The van der Waals surface area contributed by atoms with Gasteiger partial charge in [-0.2, -0.15) is 0 Å². The first-order valence-corrected chi connectivity index (χ1v) is 9.65. The molecule has 1 aliphatic carbocycles. The maximum absolute atomic E-state index is 12.7. The number of nitrogens with one attached hydrogen (secondary N) is 1. The number of likely N-dealkylation sites (N-methyl/N-ethyl adjacent to an activating group) is 1. The van der Waals surface area contributed by atoms with Gasteiger partial charge in [0, 0.05) is 17.6 Å². The van der Waals surface area contributed by atoms with E-state index in [-0.39, 0.29) is 11.4 Å². The van der Waals surface area contributed by atoms with E-state index in [2.05, 4.69) is 24.3 Å². The lowest BCUT2D eigenvalue weighted by atomic mass is 9.75. The lowest BCUT2D eigenvalue weighted by Gasteiger charge is -2.47. The molecule has 1 aliphatic rings. The Hall–Kier alpha value is -2.33. The van der Waals surface area contributed by atoms with Crippen molar-refractivity contribution in [2.75, 3.05) is 20.6 Å². The quantitative estimate of drug-likeness (QED) is 0.802. The van der Waals surface area contributed by atoms with Crippen molar-refractivity contribution in [2.24, 2.45) is 0 Å². The summed E-state index contributed by atoms with van der Waals surface area (Å²) in [7, 11) is 4.19. The lowest BCUT2D eigenvalue weighted by Crippen LogP contribution is -2.57. The van der Waals surface area contributed by atoms with Gasteiger partial charge in [0.25, 0.3) is 5.91 Å². The first-order chi connectivity index (χ1) is 12.9. The van der Waals surface area contributed by atoms with E-state index in [1.54, 1.807) is 0 Å². The highest BCUT2D eigenvalue weighted by Gasteiger charge is 2.39. The van der Waals surface area contributed by atoms with Crippen LogP contribution in [0.15, 0.2) is 42.5 Å². The molecule has 2 aromatic rings. The molecule has 2 aromatic carbocycles. The fourth-order valence-corrected chi connectivity index (χ4v) is 3.75. The van der Waals surface area contributed by atoms with Crippen molar-refractivity contribution in [1.82, 2.24) is 10.2 Å². The highest BCUT2D eigenvalue weighted by Crippen LogP contribution is 2.35. The van der Waals surface area contributed by atoms with E-state index in [0.717, 1.165) is 35.3 Å². The van der Waals surface area contributed by atoms with Crippen LogP contribution in [0.3, 0.4) is 0 Å². The van der Waals surface area contributed by atoms with Gasteiger partial charge in [-0.1, -0.05) is 30.3 Å². The Labute approximate surface area is 162 Å². The predicted molar refractivity (Wildman–Crippen MR) is 109 cm³/mol. The Balaban J connectivity index is 1.65. The highest BCUT2D eigenvalue weighted by atomic mass is 16.5. The molecule has 0 unspecified atom stereocenters. The summed E-state index contributed by atoms with van der Waals surface area (Å²) < 4.78 is 6.02. The molecule has 0 radical (unpaired) electrons. The van der Waals surface area contributed by atoms with Gasteiger partial charge in [-0.25, -0.2) is 0 Å². The van der Waals surface area contributed by atoms with Gasteiger partial charge in [-0.15, -0.1) is 0 Å². The van der Waals surface area contributed by atoms with Crippen LogP contribution in [0.4, 0.5) is 0 Å². The molecule has 1 N–H and O–H groups in total. The molecule has 0 heterocycles. The Bertz CT molecular complexity index is 772. The van der Waals surface area contributed by atoms with Crippen molar-refractivity contribution >= 4 is 5.91 Å². The van der Waals surface area contributed by atoms with Crippen molar-refractivity contribution in [3.05, 3.63) is 64.7 Å². The summed E-state index contributed by atoms with van der Waals surface area (Å²) in [5, 5.41) is 3.13. The second kappa shape index (κ2) is 8.13. The van der Waals surface area contributed by atoms with Crippen LogP contribution in [0, 0.1) is 13.8 Å². The number of aryl methyl sites for hydroxylation is 2. The second-order valence-corrected chi connectivity index (χ2v) is 7.87. The van der Waals surface area contributed by atoms with Crippen molar-refractivity contribution in [2.45, 2.75) is 45.3 Å². The molecular formula is C23H30N2O2. The molecule has 3 rings (SSSR count).